The van der Waals surface area contributed by atoms with Crippen LogP contribution >= 0.6 is 0 Å². The Kier molecular flexibility index (Phi) is 5.06. The highest BCUT2D eigenvalue weighted by Crippen LogP contribution is 2.10. The summed E-state index contributed by atoms with van der Waals surface area (Å²) in [5.74, 6) is 0. The fourth-order valence-electron chi connectivity index (χ4n) is 2.27. The van der Waals surface area contributed by atoms with Crippen LogP contribution in [0.5, 0.6) is 0 Å². The average Bonchev–Trinajstić information content (AvgIpc) is 2.46. The van der Waals surface area contributed by atoms with Gasteiger partial charge in [-0.25, -0.2) is 4.98 Å². The van der Waals surface area contributed by atoms with Crippen molar-refractivity contribution in [3.63, 3.8) is 0 Å². The van der Waals surface area contributed by atoms with Crippen molar-refractivity contribution < 1.29 is 9.84 Å². The summed E-state index contributed by atoms with van der Waals surface area (Å²) in [6.45, 7) is 2.96. The summed E-state index contributed by atoms with van der Waals surface area (Å²) in [5.41, 5.74) is 0.837. The predicted molar refractivity (Wildman–Crippen MR) is 80.3 cm³/mol. The van der Waals surface area contributed by atoms with Crippen LogP contribution in [0.2, 0.25) is 0 Å². The molecular formula is C15H21N3O3. The van der Waals surface area contributed by atoms with Gasteiger partial charge in [0, 0.05) is 38.1 Å². The maximum Gasteiger partial charge on any atom is 0.258 e. The molecule has 21 heavy (non-hydrogen) atoms. The van der Waals surface area contributed by atoms with Crippen LogP contribution in [0, 0.1) is 0 Å². The topological polar surface area (TPSA) is 75.9 Å². The molecule has 114 valence electrons. The molecule has 0 aliphatic rings. The predicted octanol–water partition coefficient (Wildman–Crippen LogP) is 0.572. The average molecular weight is 291 g/mol. The van der Waals surface area contributed by atoms with E-state index in [4.69, 9.17) is 9.84 Å². The second-order valence-corrected chi connectivity index (χ2v) is 5.34. The minimum Gasteiger partial charge on any atom is -0.396 e. The van der Waals surface area contributed by atoms with E-state index in [2.05, 4.69) is 10.3 Å². The van der Waals surface area contributed by atoms with Crippen LogP contribution < -0.4 is 10.9 Å². The molecule has 2 N–H and O–H groups in total. The lowest BCUT2D eigenvalue weighted by atomic mass is 9.99. The van der Waals surface area contributed by atoms with Gasteiger partial charge in [0.05, 0.1) is 12.3 Å². The maximum absolute atomic E-state index is 12.0. The second kappa shape index (κ2) is 6.80. The Labute approximate surface area is 123 Å². The quantitative estimate of drug-likeness (QED) is 0.780. The Morgan fingerprint density at radius 2 is 2.29 bits per heavy atom. The number of hydrogen-bond acceptors (Lipinski definition) is 5. The molecule has 2 rings (SSSR count). The SMILES string of the molecule is COCC(C)(CCO)NCc1cc(=O)n2ccccc2n1. The maximum atomic E-state index is 12.0. The molecule has 2 heterocycles. The molecule has 0 saturated carbocycles. The highest BCUT2D eigenvalue weighted by atomic mass is 16.5. The second-order valence-electron chi connectivity index (χ2n) is 5.34. The number of pyridine rings is 1. The zero-order valence-corrected chi connectivity index (χ0v) is 12.4. The van der Waals surface area contributed by atoms with Crippen molar-refractivity contribution in [2.24, 2.45) is 0 Å². The summed E-state index contributed by atoms with van der Waals surface area (Å²) >= 11 is 0. The standard InChI is InChI=1S/C15H21N3O3/c1-15(6-8-19,11-21-2)16-10-12-9-14(20)18-7-4-3-5-13(18)17-12/h3-5,7,9,16,19H,6,8,10-11H2,1-2H3. The molecule has 0 amide bonds. The number of aliphatic hydroxyl groups excluding tert-OH is 1. The van der Waals surface area contributed by atoms with E-state index in [-0.39, 0.29) is 17.7 Å². The third-order valence-corrected chi connectivity index (χ3v) is 3.45. The molecule has 6 nitrogen and oxygen atoms in total. The summed E-state index contributed by atoms with van der Waals surface area (Å²) in [6.07, 6.45) is 2.26. The molecule has 0 bridgehead atoms. The minimum absolute atomic E-state index is 0.0701. The van der Waals surface area contributed by atoms with Crippen molar-refractivity contribution in [3.8, 4) is 0 Å². The van der Waals surface area contributed by atoms with E-state index < -0.39 is 0 Å². The molecule has 0 aliphatic heterocycles. The van der Waals surface area contributed by atoms with Crippen LogP contribution in [0.3, 0.4) is 0 Å². The van der Waals surface area contributed by atoms with Gasteiger partial charge in [-0.1, -0.05) is 6.07 Å². The fraction of sp³-hybridized carbons (Fsp3) is 0.467. The van der Waals surface area contributed by atoms with E-state index in [1.165, 1.54) is 10.5 Å². The zero-order chi connectivity index (χ0) is 15.3. The normalized spacial score (nSPS) is 14.2. The summed E-state index contributed by atoms with van der Waals surface area (Å²) in [7, 11) is 1.62. The highest BCUT2D eigenvalue weighted by molar-refractivity contribution is 5.37. The first-order valence-corrected chi connectivity index (χ1v) is 6.90. The molecule has 0 fully saturated rings. The Hall–Kier alpha value is -1.76. The Bertz CT molecular complexity index is 648. The molecule has 6 heteroatoms. The lowest BCUT2D eigenvalue weighted by Gasteiger charge is -2.29. The summed E-state index contributed by atoms with van der Waals surface area (Å²) in [4.78, 5) is 16.5. The van der Waals surface area contributed by atoms with Crippen LogP contribution in [0.1, 0.15) is 19.0 Å². The summed E-state index contributed by atoms with van der Waals surface area (Å²) in [6, 6.07) is 6.96. The molecule has 0 spiro atoms. The van der Waals surface area contributed by atoms with Crippen LogP contribution in [0.4, 0.5) is 0 Å². The molecule has 2 aromatic rings. The van der Waals surface area contributed by atoms with Crippen molar-refractivity contribution in [1.82, 2.24) is 14.7 Å². The van der Waals surface area contributed by atoms with Crippen LogP contribution in [0.25, 0.3) is 5.65 Å². The van der Waals surface area contributed by atoms with Crippen molar-refractivity contribution in [1.29, 1.82) is 0 Å². The first-order chi connectivity index (χ1) is 10.1. The van der Waals surface area contributed by atoms with Gasteiger partial charge in [-0.05, 0) is 25.5 Å². The lowest BCUT2D eigenvalue weighted by Crippen LogP contribution is -2.46. The monoisotopic (exact) mass is 291 g/mol. The number of aliphatic hydroxyl groups is 1. The molecule has 0 aliphatic carbocycles. The first-order valence-electron chi connectivity index (χ1n) is 6.90. The van der Waals surface area contributed by atoms with Crippen LogP contribution in [-0.4, -0.2) is 40.4 Å². The van der Waals surface area contributed by atoms with E-state index in [1.54, 1.807) is 25.4 Å². The van der Waals surface area contributed by atoms with Crippen LogP contribution in [-0.2, 0) is 11.3 Å². The minimum atomic E-state index is -0.354. The van der Waals surface area contributed by atoms with E-state index in [1.807, 2.05) is 13.0 Å². The lowest BCUT2D eigenvalue weighted by molar-refractivity contribution is 0.0967. The molecule has 0 aromatic carbocycles. The number of fused-ring (bicyclic) bond motifs is 1. The molecule has 0 saturated heterocycles. The zero-order valence-electron chi connectivity index (χ0n) is 12.4. The number of aromatic nitrogens is 2. The Morgan fingerprint density at radius 3 is 3.00 bits per heavy atom. The van der Waals surface area contributed by atoms with E-state index in [9.17, 15) is 4.79 Å². The number of ether oxygens (including phenoxy) is 1. The third-order valence-electron chi connectivity index (χ3n) is 3.45. The van der Waals surface area contributed by atoms with E-state index in [0.717, 1.165) is 0 Å². The molecule has 1 atom stereocenters. The molecular weight excluding hydrogens is 270 g/mol. The number of methoxy groups -OCH3 is 1. The van der Waals surface area contributed by atoms with Gasteiger partial charge >= 0.3 is 0 Å². The third kappa shape index (κ3) is 3.87. The van der Waals surface area contributed by atoms with Gasteiger partial charge in [-0.2, -0.15) is 0 Å². The van der Waals surface area contributed by atoms with Crippen LogP contribution in [0.15, 0.2) is 35.3 Å². The van der Waals surface area contributed by atoms with Gasteiger partial charge in [0.1, 0.15) is 5.65 Å². The Balaban J connectivity index is 2.18. The van der Waals surface area contributed by atoms with E-state index in [0.29, 0.717) is 30.9 Å². The van der Waals surface area contributed by atoms with Gasteiger partial charge in [0.2, 0.25) is 0 Å². The van der Waals surface area contributed by atoms with Gasteiger partial charge in [0.25, 0.3) is 5.56 Å². The molecule has 1 unspecified atom stereocenters. The molecule has 2 aromatic heterocycles. The number of nitrogens with zero attached hydrogens (tertiary/aromatic N) is 2. The number of hydrogen-bond donors (Lipinski definition) is 2. The van der Waals surface area contributed by atoms with Gasteiger partial charge in [0.15, 0.2) is 0 Å². The number of nitrogens with one attached hydrogen (secondary N) is 1. The first kappa shape index (κ1) is 15.6. The summed E-state index contributed by atoms with van der Waals surface area (Å²) < 4.78 is 6.69. The highest BCUT2D eigenvalue weighted by Gasteiger charge is 2.23. The van der Waals surface area contributed by atoms with Crippen molar-refractivity contribution in [2.75, 3.05) is 20.3 Å². The van der Waals surface area contributed by atoms with Crippen molar-refractivity contribution in [2.45, 2.75) is 25.4 Å². The number of rotatable bonds is 7. The Morgan fingerprint density at radius 1 is 1.48 bits per heavy atom. The van der Waals surface area contributed by atoms with Gasteiger partial charge < -0.3 is 15.2 Å². The van der Waals surface area contributed by atoms with E-state index >= 15 is 0 Å². The van der Waals surface area contributed by atoms with Gasteiger partial charge in [-0.3, -0.25) is 9.20 Å². The fourth-order valence-corrected chi connectivity index (χ4v) is 2.27. The molecule has 0 radical (unpaired) electrons. The van der Waals surface area contributed by atoms with Crippen molar-refractivity contribution >= 4 is 5.65 Å². The van der Waals surface area contributed by atoms with Crippen molar-refractivity contribution in [3.05, 3.63) is 46.5 Å². The smallest absolute Gasteiger partial charge is 0.258 e. The van der Waals surface area contributed by atoms with Gasteiger partial charge in [-0.15, -0.1) is 0 Å². The summed E-state index contributed by atoms with van der Waals surface area (Å²) in [5, 5.41) is 12.5. The largest absolute Gasteiger partial charge is 0.396 e.